The summed E-state index contributed by atoms with van der Waals surface area (Å²) in [5.41, 5.74) is 1.03. The van der Waals surface area contributed by atoms with Crippen molar-refractivity contribution in [3.63, 3.8) is 0 Å². The second-order valence-corrected chi connectivity index (χ2v) is 5.06. The van der Waals surface area contributed by atoms with Crippen LogP contribution in [-0.4, -0.2) is 24.5 Å². The lowest BCUT2D eigenvalue weighted by Crippen LogP contribution is -2.24. The molecule has 0 N–H and O–H groups in total. The van der Waals surface area contributed by atoms with Crippen LogP contribution in [0.2, 0.25) is 0 Å². The van der Waals surface area contributed by atoms with Crippen molar-refractivity contribution in [1.82, 2.24) is 0 Å². The molecule has 0 amide bonds. The molecule has 0 bridgehead atoms. The Kier molecular flexibility index (Phi) is 5.69. The van der Waals surface area contributed by atoms with E-state index in [-0.39, 0.29) is 11.3 Å². The number of Topliss-reactive ketones (excluding diaryl/α,β-unsaturated/α-hetero) is 1. The summed E-state index contributed by atoms with van der Waals surface area (Å²) in [6, 6.07) is 14.8. The van der Waals surface area contributed by atoms with Crippen LogP contribution >= 0.6 is 0 Å². The third-order valence-electron chi connectivity index (χ3n) is 3.33. The van der Waals surface area contributed by atoms with Crippen molar-refractivity contribution in [2.75, 3.05) is 6.61 Å². The number of carbonyl (C=O) groups excluding carboxylic acids is 2. The van der Waals surface area contributed by atoms with Crippen molar-refractivity contribution in [3.05, 3.63) is 65.2 Å². The molecular weight excluding hydrogens is 306 g/mol. The number of hydrogen-bond donors (Lipinski definition) is 0. The Hall–Kier alpha value is -3.13. The average Bonchev–Trinajstić information content (AvgIpc) is 2.62. The largest absolute Gasteiger partial charge is 0.494 e. The fourth-order valence-corrected chi connectivity index (χ4v) is 2.11. The molecule has 0 fully saturated rings. The Morgan fingerprint density at radius 1 is 1.12 bits per heavy atom. The van der Waals surface area contributed by atoms with E-state index in [2.05, 4.69) is 0 Å². The van der Waals surface area contributed by atoms with E-state index in [1.807, 2.05) is 13.0 Å². The summed E-state index contributed by atoms with van der Waals surface area (Å²) < 4.78 is 10.5. The molecule has 122 valence electrons. The minimum absolute atomic E-state index is 0.236. The lowest BCUT2D eigenvalue weighted by Gasteiger charge is -2.13. The second-order valence-electron chi connectivity index (χ2n) is 5.06. The summed E-state index contributed by atoms with van der Waals surface area (Å²) in [5, 5.41) is 8.86. The first kappa shape index (κ1) is 17.2. The Bertz CT molecular complexity index is 775. The fourth-order valence-electron chi connectivity index (χ4n) is 2.11. The number of carbonyl (C=O) groups is 2. The predicted octanol–water partition coefficient (Wildman–Crippen LogP) is 3.39. The van der Waals surface area contributed by atoms with Gasteiger partial charge in [-0.2, -0.15) is 5.26 Å². The van der Waals surface area contributed by atoms with Crippen molar-refractivity contribution in [1.29, 1.82) is 5.26 Å². The molecule has 2 aromatic carbocycles. The highest BCUT2D eigenvalue weighted by Crippen LogP contribution is 2.15. The third-order valence-corrected chi connectivity index (χ3v) is 3.33. The second kappa shape index (κ2) is 7.93. The zero-order chi connectivity index (χ0) is 17.5. The van der Waals surface area contributed by atoms with E-state index >= 15 is 0 Å². The van der Waals surface area contributed by atoms with Crippen molar-refractivity contribution in [2.45, 2.75) is 20.0 Å². The lowest BCUT2D eigenvalue weighted by molar-refractivity contribution is 0.0318. The maximum absolute atomic E-state index is 12.3. The van der Waals surface area contributed by atoms with Gasteiger partial charge in [0.2, 0.25) is 5.78 Å². The first-order valence-corrected chi connectivity index (χ1v) is 7.53. The number of rotatable bonds is 6. The van der Waals surface area contributed by atoms with Crippen molar-refractivity contribution < 1.29 is 19.1 Å². The number of esters is 1. The summed E-state index contributed by atoms with van der Waals surface area (Å²) in [4.78, 5) is 24.4. The molecule has 5 heteroatoms. The molecule has 2 aromatic rings. The van der Waals surface area contributed by atoms with Gasteiger partial charge in [-0.15, -0.1) is 0 Å². The molecule has 0 heterocycles. The molecule has 0 unspecified atom stereocenters. The molecule has 0 aliphatic heterocycles. The van der Waals surface area contributed by atoms with Crippen molar-refractivity contribution in [2.24, 2.45) is 0 Å². The van der Waals surface area contributed by atoms with Crippen molar-refractivity contribution >= 4 is 11.8 Å². The summed E-state index contributed by atoms with van der Waals surface area (Å²) in [7, 11) is 0. The highest BCUT2D eigenvalue weighted by atomic mass is 16.5. The molecule has 5 nitrogen and oxygen atoms in total. The van der Waals surface area contributed by atoms with E-state index in [1.54, 1.807) is 36.4 Å². The fraction of sp³-hybridized carbons (Fsp3) is 0.211. The van der Waals surface area contributed by atoms with Crippen LogP contribution in [0.15, 0.2) is 48.5 Å². The minimum Gasteiger partial charge on any atom is -0.494 e. The maximum Gasteiger partial charge on any atom is 0.338 e. The SMILES string of the molecule is CCOc1ccc(C(=O)[C@H](C)OC(=O)c2cccc(C#N)c2)cc1. The third kappa shape index (κ3) is 4.20. The van der Waals surface area contributed by atoms with Crippen LogP contribution in [0.5, 0.6) is 5.75 Å². The molecule has 0 aliphatic rings. The normalized spacial score (nSPS) is 11.2. The summed E-state index contributed by atoms with van der Waals surface area (Å²) >= 11 is 0. The molecule has 0 spiro atoms. The molecule has 0 saturated carbocycles. The van der Waals surface area contributed by atoms with Gasteiger partial charge in [-0.1, -0.05) is 6.07 Å². The zero-order valence-corrected chi connectivity index (χ0v) is 13.5. The predicted molar refractivity (Wildman–Crippen MR) is 88.0 cm³/mol. The van der Waals surface area contributed by atoms with Gasteiger partial charge in [0.05, 0.1) is 23.8 Å². The quantitative estimate of drug-likeness (QED) is 0.601. The monoisotopic (exact) mass is 323 g/mol. The van der Waals surface area contributed by atoms with E-state index in [4.69, 9.17) is 14.7 Å². The van der Waals surface area contributed by atoms with Gasteiger partial charge in [0, 0.05) is 5.56 Å². The van der Waals surface area contributed by atoms with E-state index in [1.165, 1.54) is 19.1 Å². The highest BCUT2D eigenvalue weighted by molar-refractivity contribution is 6.01. The highest BCUT2D eigenvalue weighted by Gasteiger charge is 2.20. The Morgan fingerprint density at radius 2 is 1.83 bits per heavy atom. The number of nitriles is 1. The number of ether oxygens (including phenoxy) is 2. The number of hydrogen-bond acceptors (Lipinski definition) is 5. The maximum atomic E-state index is 12.3. The van der Waals surface area contributed by atoms with Gasteiger partial charge in [0.1, 0.15) is 5.75 Å². The number of ketones is 1. The van der Waals surface area contributed by atoms with Crippen LogP contribution in [0.1, 0.15) is 40.1 Å². The standard InChI is InChI=1S/C19H17NO4/c1-3-23-17-9-7-15(8-10-17)18(21)13(2)24-19(22)16-6-4-5-14(11-16)12-20/h4-11,13H,3H2,1-2H3/t13-/m0/s1. The molecule has 0 aromatic heterocycles. The van der Waals surface area contributed by atoms with E-state index in [0.717, 1.165) is 0 Å². The molecule has 24 heavy (non-hydrogen) atoms. The van der Waals surface area contributed by atoms with Gasteiger partial charge >= 0.3 is 5.97 Å². The first-order chi connectivity index (χ1) is 11.5. The molecule has 2 rings (SSSR count). The van der Waals surface area contributed by atoms with E-state index < -0.39 is 12.1 Å². The van der Waals surface area contributed by atoms with E-state index in [9.17, 15) is 9.59 Å². The van der Waals surface area contributed by atoms with Crippen LogP contribution < -0.4 is 4.74 Å². The molecule has 0 saturated heterocycles. The minimum atomic E-state index is -0.929. The van der Waals surface area contributed by atoms with Gasteiger partial charge in [-0.25, -0.2) is 4.79 Å². The smallest absolute Gasteiger partial charge is 0.338 e. The van der Waals surface area contributed by atoms with E-state index in [0.29, 0.717) is 23.5 Å². The summed E-state index contributed by atoms with van der Waals surface area (Å²) in [6.07, 6.45) is -0.929. The Labute approximate surface area is 140 Å². The molecule has 0 aliphatic carbocycles. The molecular formula is C19H17NO4. The topological polar surface area (TPSA) is 76.4 Å². The van der Waals surface area contributed by atoms with Crippen LogP contribution in [0.25, 0.3) is 0 Å². The molecule has 0 radical (unpaired) electrons. The molecule has 1 atom stereocenters. The average molecular weight is 323 g/mol. The van der Waals surface area contributed by atoms with Gasteiger partial charge in [-0.3, -0.25) is 4.79 Å². The van der Waals surface area contributed by atoms with Crippen LogP contribution in [0, 0.1) is 11.3 Å². The Balaban J connectivity index is 2.05. The number of nitrogens with zero attached hydrogens (tertiary/aromatic N) is 1. The number of benzene rings is 2. The van der Waals surface area contributed by atoms with Gasteiger partial charge in [0.25, 0.3) is 0 Å². The summed E-state index contributed by atoms with van der Waals surface area (Å²) in [6.45, 7) is 3.94. The lowest BCUT2D eigenvalue weighted by atomic mass is 10.1. The van der Waals surface area contributed by atoms with Crippen LogP contribution in [0.4, 0.5) is 0 Å². The van der Waals surface area contributed by atoms with Crippen LogP contribution in [0.3, 0.4) is 0 Å². The summed E-state index contributed by atoms with van der Waals surface area (Å²) in [5.74, 6) is -0.270. The Morgan fingerprint density at radius 3 is 2.46 bits per heavy atom. The first-order valence-electron chi connectivity index (χ1n) is 7.53. The van der Waals surface area contributed by atoms with Crippen LogP contribution in [-0.2, 0) is 4.74 Å². The van der Waals surface area contributed by atoms with Gasteiger partial charge in [-0.05, 0) is 56.3 Å². The van der Waals surface area contributed by atoms with Crippen molar-refractivity contribution in [3.8, 4) is 11.8 Å². The van der Waals surface area contributed by atoms with Gasteiger partial charge < -0.3 is 9.47 Å². The van der Waals surface area contributed by atoms with Gasteiger partial charge in [0.15, 0.2) is 6.10 Å². The zero-order valence-electron chi connectivity index (χ0n) is 13.5.